The molecule has 6 nitrogen and oxygen atoms in total. The molecule has 132 valence electrons. The number of rotatable bonds is 6. The standard InChI is InChI=1S/C19H15ClN2O4/c1-12(18(24)13-2-6-15(20)7-3-13)26-19(25)14-4-8-16(9-5-14)22-17(23)10-11-21/h2-9,12H,10H2,1H3,(H,22,23)/t12-/m0/s1. The summed E-state index contributed by atoms with van der Waals surface area (Å²) >= 11 is 5.78. The molecule has 0 unspecified atom stereocenters. The van der Waals surface area contributed by atoms with Crippen LogP contribution < -0.4 is 5.32 Å². The van der Waals surface area contributed by atoms with Gasteiger partial charge < -0.3 is 10.1 Å². The zero-order chi connectivity index (χ0) is 19.1. The predicted molar refractivity (Wildman–Crippen MR) is 96.0 cm³/mol. The van der Waals surface area contributed by atoms with E-state index >= 15 is 0 Å². The molecular formula is C19H15ClN2O4. The lowest BCUT2D eigenvalue weighted by Crippen LogP contribution is -2.24. The molecule has 0 spiro atoms. The van der Waals surface area contributed by atoms with Crippen LogP contribution in [0.3, 0.4) is 0 Å². The molecule has 0 aliphatic heterocycles. The molecule has 0 bridgehead atoms. The zero-order valence-corrected chi connectivity index (χ0v) is 14.6. The second-order valence-corrected chi connectivity index (χ2v) is 5.82. The highest BCUT2D eigenvalue weighted by Crippen LogP contribution is 2.15. The van der Waals surface area contributed by atoms with E-state index in [4.69, 9.17) is 21.6 Å². The minimum Gasteiger partial charge on any atom is -0.451 e. The first-order chi connectivity index (χ1) is 12.4. The molecule has 0 heterocycles. The molecule has 0 saturated carbocycles. The van der Waals surface area contributed by atoms with Gasteiger partial charge in [-0.25, -0.2) is 4.79 Å². The maximum absolute atomic E-state index is 12.3. The summed E-state index contributed by atoms with van der Waals surface area (Å²) < 4.78 is 5.19. The topological polar surface area (TPSA) is 96.3 Å². The molecule has 26 heavy (non-hydrogen) atoms. The first kappa shape index (κ1) is 19.2. The van der Waals surface area contributed by atoms with Crippen LogP contribution in [0, 0.1) is 11.3 Å². The van der Waals surface area contributed by atoms with E-state index < -0.39 is 18.0 Å². The molecule has 1 N–H and O–H groups in total. The summed E-state index contributed by atoms with van der Waals surface area (Å²) in [6, 6.07) is 14.0. The number of benzene rings is 2. The number of hydrogen-bond donors (Lipinski definition) is 1. The summed E-state index contributed by atoms with van der Waals surface area (Å²) in [6.45, 7) is 1.49. The number of ether oxygens (including phenoxy) is 1. The molecule has 0 radical (unpaired) electrons. The van der Waals surface area contributed by atoms with Gasteiger partial charge in [0.25, 0.3) is 0 Å². The van der Waals surface area contributed by atoms with Crippen LogP contribution in [0.1, 0.15) is 34.1 Å². The van der Waals surface area contributed by atoms with E-state index in [1.54, 1.807) is 30.3 Å². The first-order valence-electron chi connectivity index (χ1n) is 7.68. The van der Waals surface area contributed by atoms with Gasteiger partial charge in [0.05, 0.1) is 11.6 Å². The molecule has 1 amide bonds. The van der Waals surface area contributed by atoms with E-state index in [0.717, 1.165) is 0 Å². The lowest BCUT2D eigenvalue weighted by atomic mass is 10.1. The molecule has 0 aromatic heterocycles. The Kier molecular flexibility index (Phi) is 6.48. The monoisotopic (exact) mass is 370 g/mol. The third-order valence-electron chi connectivity index (χ3n) is 3.43. The Morgan fingerprint density at radius 1 is 1.08 bits per heavy atom. The molecule has 0 fully saturated rings. The molecular weight excluding hydrogens is 356 g/mol. The highest BCUT2D eigenvalue weighted by molar-refractivity contribution is 6.30. The molecule has 2 rings (SSSR count). The summed E-state index contributed by atoms with van der Waals surface area (Å²) in [5.74, 6) is -1.44. The van der Waals surface area contributed by atoms with Gasteiger partial charge in [-0.2, -0.15) is 5.26 Å². The second-order valence-electron chi connectivity index (χ2n) is 5.38. The summed E-state index contributed by atoms with van der Waals surface area (Å²) in [5, 5.41) is 11.5. The van der Waals surface area contributed by atoms with Crippen LogP contribution in [0.15, 0.2) is 48.5 Å². The fourth-order valence-electron chi connectivity index (χ4n) is 2.10. The van der Waals surface area contributed by atoms with Crippen molar-refractivity contribution in [2.45, 2.75) is 19.4 Å². The van der Waals surface area contributed by atoms with E-state index in [2.05, 4.69) is 5.32 Å². The minimum absolute atomic E-state index is 0.235. The summed E-state index contributed by atoms with van der Waals surface area (Å²) in [6.07, 6.45) is -1.22. The molecule has 0 aliphatic carbocycles. The fourth-order valence-corrected chi connectivity index (χ4v) is 2.22. The Morgan fingerprint density at radius 2 is 1.65 bits per heavy atom. The number of anilines is 1. The largest absolute Gasteiger partial charge is 0.451 e. The lowest BCUT2D eigenvalue weighted by Gasteiger charge is -2.13. The maximum Gasteiger partial charge on any atom is 0.338 e. The SMILES string of the molecule is C[C@H](OC(=O)c1ccc(NC(=O)CC#N)cc1)C(=O)c1ccc(Cl)cc1. The second kappa shape index (κ2) is 8.79. The highest BCUT2D eigenvalue weighted by Gasteiger charge is 2.20. The van der Waals surface area contributed by atoms with Crippen molar-refractivity contribution in [3.05, 3.63) is 64.7 Å². The number of hydrogen-bond acceptors (Lipinski definition) is 5. The van der Waals surface area contributed by atoms with Crippen molar-refractivity contribution in [2.75, 3.05) is 5.32 Å². The van der Waals surface area contributed by atoms with E-state index in [1.807, 2.05) is 0 Å². The van der Waals surface area contributed by atoms with Crippen molar-refractivity contribution in [1.29, 1.82) is 5.26 Å². The van der Waals surface area contributed by atoms with Gasteiger partial charge >= 0.3 is 5.97 Å². The van der Waals surface area contributed by atoms with Crippen molar-refractivity contribution >= 4 is 34.9 Å². The van der Waals surface area contributed by atoms with Crippen LogP contribution in [0.2, 0.25) is 5.02 Å². The Hall–Kier alpha value is -3.17. The lowest BCUT2D eigenvalue weighted by molar-refractivity contribution is -0.115. The number of nitrogens with zero attached hydrogens (tertiary/aromatic N) is 1. The number of halogens is 1. The van der Waals surface area contributed by atoms with Crippen molar-refractivity contribution in [3.8, 4) is 6.07 Å². The maximum atomic E-state index is 12.3. The smallest absolute Gasteiger partial charge is 0.338 e. The molecule has 0 saturated heterocycles. The summed E-state index contributed by atoms with van der Waals surface area (Å²) in [5.41, 5.74) is 1.08. The number of carbonyl (C=O) groups excluding carboxylic acids is 3. The van der Waals surface area contributed by atoms with Crippen LogP contribution in [-0.4, -0.2) is 23.8 Å². The van der Waals surface area contributed by atoms with Gasteiger partial charge in [-0.3, -0.25) is 9.59 Å². The number of nitriles is 1. The van der Waals surface area contributed by atoms with Crippen molar-refractivity contribution < 1.29 is 19.1 Å². The minimum atomic E-state index is -0.960. The van der Waals surface area contributed by atoms with Crippen LogP contribution in [0.25, 0.3) is 0 Å². The van der Waals surface area contributed by atoms with E-state index in [-0.39, 0.29) is 17.8 Å². The fraction of sp³-hybridized carbons (Fsp3) is 0.158. The average molecular weight is 371 g/mol. The van der Waals surface area contributed by atoms with Crippen LogP contribution in [0.4, 0.5) is 5.69 Å². The average Bonchev–Trinajstić information content (AvgIpc) is 2.62. The van der Waals surface area contributed by atoms with Crippen LogP contribution in [-0.2, 0) is 9.53 Å². The van der Waals surface area contributed by atoms with Gasteiger partial charge in [0.2, 0.25) is 11.7 Å². The number of esters is 1. The number of nitrogens with one attached hydrogen (secondary N) is 1. The van der Waals surface area contributed by atoms with Crippen molar-refractivity contribution in [2.24, 2.45) is 0 Å². The number of ketones is 1. The molecule has 1 atom stereocenters. The van der Waals surface area contributed by atoms with E-state index in [1.165, 1.54) is 31.2 Å². The quantitative estimate of drug-likeness (QED) is 0.618. The van der Waals surface area contributed by atoms with Gasteiger partial charge in [-0.1, -0.05) is 11.6 Å². The van der Waals surface area contributed by atoms with E-state index in [0.29, 0.717) is 16.3 Å². The van der Waals surface area contributed by atoms with Gasteiger partial charge in [0, 0.05) is 16.3 Å². The van der Waals surface area contributed by atoms with Gasteiger partial charge in [-0.15, -0.1) is 0 Å². The predicted octanol–water partition coefficient (Wildman–Crippen LogP) is 3.62. The van der Waals surface area contributed by atoms with Crippen molar-refractivity contribution in [3.63, 3.8) is 0 Å². The third kappa shape index (κ3) is 5.16. The van der Waals surface area contributed by atoms with Crippen LogP contribution >= 0.6 is 11.6 Å². The summed E-state index contributed by atoms with van der Waals surface area (Å²) in [4.78, 5) is 35.8. The molecule has 2 aromatic rings. The van der Waals surface area contributed by atoms with Gasteiger partial charge in [0.1, 0.15) is 6.42 Å². The summed E-state index contributed by atoms with van der Waals surface area (Å²) in [7, 11) is 0. The number of Topliss-reactive ketones (excluding diaryl/α,β-unsaturated/α-hetero) is 1. The van der Waals surface area contributed by atoms with Crippen LogP contribution in [0.5, 0.6) is 0 Å². The number of carbonyl (C=O) groups is 3. The Balaban J connectivity index is 1.98. The zero-order valence-electron chi connectivity index (χ0n) is 13.9. The third-order valence-corrected chi connectivity index (χ3v) is 3.68. The highest BCUT2D eigenvalue weighted by atomic mass is 35.5. The molecule has 7 heteroatoms. The van der Waals surface area contributed by atoms with Gasteiger partial charge in [0.15, 0.2) is 6.10 Å². The Morgan fingerprint density at radius 3 is 2.23 bits per heavy atom. The first-order valence-corrected chi connectivity index (χ1v) is 8.06. The Bertz CT molecular complexity index is 855. The van der Waals surface area contributed by atoms with Crippen molar-refractivity contribution in [1.82, 2.24) is 0 Å². The number of amides is 1. The molecule has 2 aromatic carbocycles. The molecule has 0 aliphatic rings. The Labute approximate surface area is 155 Å². The normalized spacial score (nSPS) is 11.1. The van der Waals surface area contributed by atoms with E-state index in [9.17, 15) is 14.4 Å². The van der Waals surface area contributed by atoms with Gasteiger partial charge in [-0.05, 0) is 55.5 Å².